The van der Waals surface area contributed by atoms with Gasteiger partial charge in [-0.2, -0.15) is 17.0 Å². The monoisotopic (exact) mass is 489 g/mol. The number of aromatic hydroxyl groups is 1. The predicted octanol–water partition coefficient (Wildman–Crippen LogP) is 2.27. The lowest BCUT2D eigenvalue weighted by atomic mass is 10.1. The molecule has 13 heteroatoms. The first-order chi connectivity index (χ1) is 15.8. The summed E-state index contributed by atoms with van der Waals surface area (Å²) in [4.78, 5) is 14.2. The summed E-state index contributed by atoms with van der Waals surface area (Å²) in [6.07, 6.45) is 3.46. The zero-order chi connectivity index (χ0) is 23.2. The number of thiazole rings is 1. The lowest BCUT2D eigenvalue weighted by Crippen LogP contribution is -2.34. The van der Waals surface area contributed by atoms with Crippen LogP contribution in [-0.4, -0.2) is 74.7 Å². The molecule has 0 spiro atoms. The van der Waals surface area contributed by atoms with Gasteiger partial charge >= 0.3 is 0 Å². The molecule has 4 heterocycles. The summed E-state index contributed by atoms with van der Waals surface area (Å²) in [6.45, 7) is 1.55. The average Bonchev–Trinajstić information content (AvgIpc) is 3.45. The van der Waals surface area contributed by atoms with Gasteiger partial charge in [0, 0.05) is 56.6 Å². The van der Waals surface area contributed by atoms with E-state index in [1.165, 1.54) is 32.1 Å². The van der Waals surface area contributed by atoms with Crippen molar-refractivity contribution in [2.24, 2.45) is 0 Å². The van der Waals surface area contributed by atoms with Crippen molar-refractivity contribution in [3.8, 4) is 28.4 Å². The van der Waals surface area contributed by atoms with Crippen molar-refractivity contribution in [1.82, 2.24) is 28.0 Å². The summed E-state index contributed by atoms with van der Waals surface area (Å²) in [5.41, 5.74) is 2.35. The Balaban J connectivity index is 1.43. The van der Waals surface area contributed by atoms with Gasteiger partial charge in [0.05, 0.1) is 11.4 Å². The van der Waals surface area contributed by atoms with Crippen LogP contribution in [0.4, 0.5) is 10.3 Å². The zero-order valence-corrected chi connectivity index (χ0v) is 19.1. The van der Waals surface area contributed by atoms with Gasteiger partial charge in [-0.15, -0.1) is 11.3 Å². The topological polar surface area (TPSA) is 116 Å². The van der Waals surface area contributed by atoms with Crippen molar-refractivity contribution in [1.29, 1.82) is 0 Å². The summed E-state index contributed by atoms with van der Waals surface area (Å²) in [6, 6.07) is 5.82. The molecule has 5 rings (SSSR count). The summed E-state index contributed by atoms with van der Waals surface area (Å²) in [5.74, 6) is -0.820. The molecule has 1 aliphatic heterocycles. The van der Waals surface area contributed by atoms with Crippen LogP contribution in [0.5, 0.6) is 5.75 Å². The Morgan fingerprint density at radius 1 is 1.24 bits per heavy atom. The third-order valence-corrected chi connectivity index (χ3v) is 8.15. The van der Waals surface area contributed by atoms with E-state index in [1.807, 2.05) is 16.0 Å². The maximum atomic E-state index is 13.6. The first kappa shape index (κ1) is 21.7. The van der Waals surface area contributed by atoms with Crippen molar-refractivity contribution in [3.63, 3.8) is 0 Å². The van der Waals surface area contributed by atoms with Crippen LogP contribution in [0.2, 0.25) is 0 Å². The molecule has 10 nitrogen and oxygen atoms in total. The maximum Gasteiger partial charge on any atom is 0.281 e. The van der Waals surface area contributed by atoms with Crippen LogP contribution in [0.25, 0.3) is 27.6 Å². The molecule has 0 radical (unpaired) electrons. The van der Waals surface area contributed by atoms with Crippen LogP contribution in [0.15, 0.2) is 42.0 Å². The smallest absolute Gasteiger partial charge is 0.281 e. The summed E-state index contributed by atoms with van der Waals surface area (Å²) >= 11 is 1.44. The number of aromatic nitrogens is 4. The SMILES string of the molecule is CN1CCN(CCNc2nccc(-c3c(-c4ccc(F)c(O)c4)nc4sccn34)n2)S1(=O)=O. The Morgan fingerprint density at radius 2 is 2.09 bits per heavy atom. The number of phenolic OH excluding ortho intramolecular Hbond substituents is 1. The number of fused-ring (bicyclic) bond motifs is 1. The quantitative estimate of drug-likeness (QED) is 0.427. The molecule has 3 aromatic heterocycles. The number of halogens is 1. The fourth-order valence-electron chi connectivity index (χ4n) is 3.67. The molecule has 4 aromatic rings. The Labute approximate surface area is 193 Å². The number of rotatable bonds is 6. The van der Waals surface area contributed by atoms with Crippen molar-refractivity contribution < 1.29 is 17.9 Å². The number of phenols is 1. The van der Waals surface area contributed by atoms with Gasteiger partial charge in [-0.05, 0) is 24.3 Å². The molecule has 0 saturated carbocycles. The number of likely N-dealkylation sites (N-methyl/N-ethyl adjacent to an activating group) is 1. The zero-order valence-electron chi connectivity index (χ0n) is 17.5. The van der Waals surface area contributed by atoms with E-state index in [9.17, 15) is 17.9 Å². The Hall–Kier alpha value is -3.13. The van der Waals surface area contributed by atoms with Crippen molar-refractivity contribution in [2.45, 2.75) is 0 Å². The van der Waals surface area contributed by atoms with Crippen molar-refractivity contribution in [2.75, 3.05) is 38.5 Å². The lowest BCUT2D eigenvalue weighted by molar-refractivity contribution is 0.432. The number of nitrogens with zero attached hydrogens (tertiary/aromatic N) is 6. The number of imidazole rings is 1. The van der Waals surface area contributed by atoms with Crippen molar-refractivity contribution >= 4 is 32.5 Å². The number of anilines is 1. The number of benzene rings is 1. The fourth-order valence-corrected chi connectivity index (χ4v) is 5.72. The summed E-state index contributed by atoms with van der Waals surface area (Å²) in [5, 5.41) is 14.8. The largest absolute Gasteiger partial charge is 0.505 e. The van der Waals surface area contributed by atoms with Gasteiger partial charge in [0.15, 0.2) is 16.5 Å². The summed E-state index contributed by atoms with van der Waals surface area (Å²) in [7, 11) is -1.84. The van der Waals surface area contributed by atoms with Gasteiger partial charge in [-0.3, -0.25) is 4.40 Å². The number of hydrogen-bond donors (Lipinski definition) is 2. The second kappa shape index (κ2) is 8.33. The fraction of sp³-hybridized carbons (Fsp3) is 0.250. The molecule has 1 aromatic carbocycles. The van der Waals surface area contributed by atoms with Crippen LogP contribution in [0.3, 0.4) is 0 Å². The van der Waals surface area contributed by atoms with E-state index in [2.05, 4.69) is 20.3 Å². The first-order valence-corrected chi connectivity index (χ1v) is 12.4. The van der Waals surface area contributed by atoms with Gasteiger partial charge in [-0.1, -0.05) is 0 Å². The van der Waals surface area contributed by atoms with Gasteiger partial charge in [-0.25, -0.2) is 19.3 Å². The number of nitrogens with one attached hydrogen (secondary N) is 1. The van der Waals surface area contributed by atoms with E-state index in [1.54, 1.807) is 25.4 Å². The molecule has 0 unspecified atom stereocenters. The summed E-state index contributed by atoms with van der Waals surface area (Å²) < 4.78 is 42.6. The average molecular weight is 490 g/mol. The molecule has 33 heavy (non-hydrogen) atoms. The molecule has 1 aliphatic rings. The van der Waals surface area contributed by atoms with E-state index in [0.29, 0.717) is 54.8 Å². The minimum atomic E-state index is -3.40. The molecule has 1 fully saturated rings. The highest BCUT2D eigenvalue weighted by atomic mass is 32.2. The van der Waals surface area contributed by atoms with E-state index in [4.69, 9.17) is 0 Å². The standard InChI is InChI=1S/C20H20FN7O3S2/c1-26-8-9-27(33(26,30)31)7-6-23-19-22-5-4-15(24-19)18-17(25-20-28(18)10-11-32-20)13-2-3-14(21)16(29)12-13/h2-5,10-12,29H,6-9H2,1H3,(H,22,23,24). The highest BCUT2D eigenvalue weighted by Gasteiger charge is 2.33. The Bertz CT molecular complexity index is 1440. The minimum absolute atomic E-state index is 0.293. The normalized spacial score (nSPS) is 16.5. The second-order valence-electron chi connectivity index (χ2n) is 7.45. The molecule has 0 atom stereocenters. The molecule has 1 saturated heterocycles. The highest BCUT2D eigenvalue weighted by Crippen LogP contribution is 2.35. The molecule has 0 aliphatic carbocycles. The van der Waals surface area contributed by atoms with Crippen LogP contribution in [-0.2, 0) is 10.2 Å². The number of hydrogen-bond acceptors (Lipinski definition) is 8. The molecular formula is C20H20FN7O3S2. The maximum absolute atomic E-state index is 13.6. The van der Waals surface area contributed by atoms with Crippen LogP contribution >= 0.6 is 11.3 Å². The van der Waals surface area contributed by atoms with E-state index in [0.717, 1.165) is 4.96 Å². The van der Waals surface area contributed by atoms with Gasteiger partial charge in [0.1, 0.15) is 5.69 Å². The molecular weight excluding hydrogens is 469 g/mol. The van der Waals surface area contributed by atoms with Crippen LogP contribution in [0.1, 0.15) is 0 Å². The lowest BCUT2D eigenvalue weighted by Gasteiger charge is -2.16. The molecule has 0 bridgehead atoms. The Kier molecular flexibility index (Phi) is 5.48. The Morgan fingerprint density at radius 3 is 2.85 bits per heavy atom. The molecule has 2 N–H and O–H groups in total. The minimum Gasteiger partial charge on any atom is -0.505 e. The van der Waals surface area contributed by atoms with E-state index >= 15 is 0 Å². The van der Waals surface area contributed by atoms with Gasteiger partial charge in [0.2, 0.25) is 5.95 Å². The van der Waals surface area contributed by atoms with Crippen LogP contribution < -0.4 is 5.32 Å². The second-order valence-corrected chi connectivity index (χ2v) is 10.4. The van der Waals surface area contributed by atoms with Crippen LogP contribution in [0, 0.1) is 5.82 Å². The third kappa shape index (κ3) is 3.93. The van der Waals surface area contributed by atoms with E-state index in [-0.39, 0.29) is 0 Å². The van der Waals surface area contributed by atoms with Gasteiger partial charge < -0.3 is 10.4 Å². The third-order valence-electron chi connectivity index (χ3n) is 5.41. The first-order valence-electron chi connectivity index (χ1n) is 10.1. The van der Waals surface area contributed by atoms with Crippen molar-refractivity contribution in [3.05, 3.63) is 47.9 Å². The van der Waals surface area contributed by atoms with Gasteiger partial charge in [0.25, 0.3) is 10.2 Å². The molecule has 0 amide bonds. The molecule has 172 valence electrons. The van der Waals surface area contributed by atoms with E-state index < -0.39 is 21.8 Å². The predicted molar refractivity (Wildman–Crippen MR) is 123 cm³/mol. The highest BCUT2D eigenvalue weighted by molar-refractivity contribution is 7.87.